The quantitative estimate of drug-likeness (QED) is 0.898. The van der Waals surface area contributed by atoms with Crippen molar-refractivity contribution in [2.75, 3.05) is 18.8 Å². The zero-order chi connectivity index (χ0) is 16.7. The van der Waals surface area contributed by atoms with Gasteiger partial charge < -0.3 is 10.2 Å². The molecular formula is C18H29N3OS. The van der Waals surface area contributed by atoms with Crippen LogP contribution in [0.15, 0.2) is 24.4 Å². The fraction of sp³-hybridized carbons (Fsp3) is 0.667. The number of carbonyl (C=O) groups excluding carboxylic acids is 1. The highest BCUT2D eigenvalue weighted by atomic mass is 32.2. The highest BCUT2D eigenvalue weighted by Crippen LogP contribution is 2.25. The molecule has 23 heavy (non-hydrogen) atoms. The number of nitrogens with zero attached hydrogens (tertiary/aromatic N) is 2. The van der Waals surface area contributed by atoms with Crippen molar-refractivity contribution in [3.63, 3.8) is 0 Å². The fourth-order valence-corrected chi connectivity index (χ4v) is 3.48. The third kappa shape index (κ3) is 6.51. The number of thioether (sulfide) groups is 1. The van der Waals surface area contributed by atoms with Crippen molar-refractivity contribution in [3.8, 4) is 0 Å². The molecule has 1 aliphatic heterocycles. The molecule has 2 heterocycles. The topological polar surface area (TPSA) is 45.2 Å². The smallest absolute Gasteiger partial charge is 0.233 e. The van der Waals surface area contributed by atoms with E-state index >= 15 is 0 Å². The molecule has 5 heteroatoms. The third-order valence-corrected chi connectivity index (χ3v) is 5.25. The summed E-state index contributed by atoms with van der Waals surface area (Å²) in [5.41, 5.74) is 0.971. The van der Waals surface area contributed by atoms with Crippen molar-refractivity contribution in [2.24, 2.45) is 0 Å². The van der Waals surface area contributed by atoms with E-state index in [-0.39, 0.29) is 10.7 Å². The Hall–Kier alpha value is -1.07. The van der Waals surface area contributed by atoms with Crippen LogP contribution in [0.5, 0.6) is 0 Å². The van der Waals surface area contributed by atoms with Crippen molar-refractivity contribution in [3.05, 3.63) is 30.1 Å². The van der Waals surface area contributed by atoms with Crippen molar-refractivity contribution in [2.45, 2.75) is 57.4 Å². The van der Waals surface area contributed by atoms with Crippen molar-refractivity contribution >= 4 is 17.7 Å². The summed E-state index contributed by atoms with van der Waals surface area (Å²) in [7, 11) is 0. The first kappa shape index (κ1) is 18.3. The molecule has 0 saturated carbocycles. The number of carbonyl (C=O) groups is 1. The van der Waals surface area contributed by atoms with E-state index < -0.39 is 0 Å². The minimum atomic E-state index is 0.108. The van der Waals surface area contributed by atoms with Gasteiger partial charge in [-0.2, -0.15) is 0 Å². The van der Waals surface area contributed by atoms with E-state index in [0.717, 1.165) is 38.0 Å². The van der Waals surface area contributed by atoms with Crippen LogP contribution in [0.1, 0.15) is 45.7 Å². The Morgan fingerprint density at radius 2 is 2.17 bits per heavy atom. The second-order valence-corrected chi connectivity index (χ2v) is 8.88. The number of amides is 1. The summed E-state index contributed by atoms with van der Waals surface area (Å²) in [4.78, 5) is 19.3. The molecule has 0 radical (unpaired) electrons. The summed E-state index contributed by atoms with van der Waals surface area (Å²) in [6.07, 6.45) is 5.03. The van der Waals surface area contributed by atoms with Gasteiger partial charge in [0.15, 0.2) is 0 Å². The van der Waals surface area contributed by atoms with Crippen molar-refractivity contribution < 1.29 is 4.79 Å². The maximum atomic E-state index is 12.9. The molecular weight excluding hydrogens is 306 g/mol. The summed E-state index contributed by atoms with van der Waals surface area (Å²) in [5, 5.41) is 3.43. The normalized spacial score (nSPS) is 19.2. The van der Waals surface area contributed by atoms with Crippen LogP contribution in [0.2, 0.25) is 0 Å². The van der Waals surface area contributed by atoms with Crippen LogP contribution in [-0.4, -0.2) is 45.4 Å². The lowest BCUT2D eigenvalue weighted by molar-refractivity contribution is -0.131. The molecule has 1 unspecified atom stereocenters. The highest BCUT2D eigenvalue weighted by molar-refractivity contribution is 8.01. The van der Waals surface area contributed by atoms with Gasteiger partial charge in [-0.25, -0.2) is 0 Å². The van der Waals surface area contributed by atoms with Crippen LogP contribution in [-0.2, 0) is 11.3 Å². The average molecular weight is 336 g/mol. The van der Waals surface area contributed by atoms with Crippen LogP contribution < -0.4 is 5.32 Å². The Morgan fingerprint density at radius 1 is 1.35 bits per heavy atom. The van der Waals surface area contributed by atoms with E-state index in [9.17, 15) is 4.79 Å². The molecule has 1 aliphatic rings. The van der Waals surface area contributed by atoms with E-state index in [1.165, 1.54) is 0 Å². The number of rotatable bonds is 5. The molecule has 0 spiro atoms. The molecule has 0 aliphatic carbocycles. The number of pyridine rings is 1. The third-order valence-electron chi connectivity index (χ3n) is 3.99. The SMILES string of the molecule is CC(C)(C)SCC(=O)N(Cc1ccccn1)C1CCCNCC1. The first-order valence-electron chi connectivity index (χ1n) is 8.50. The minimum absolute atomic E-state index is 0.108. The molecule has 1 aromatic heterocycles. The number of hydrogen-bond acceptors (Lipinski definition) is 4. The maximum Gasteiger partial charge on any atom is 0.233 e. The van der Waals surface area contributed by atoms with Crippen molar-refractivity contribution in [1.82, 2.24) is 15.2 Å². The van der Waals surface area contributed by atoms with Crippen molar-refractivity contribution in [1.29, 1.82) is 0 Å². The minimum Gasteiger partial charge on any atom is -0.333 e. The van der Waals surface area contributed by atoms with Gasteiger partial charge in [0.25, 0.3) is 0 Å². The molecule has 1 N–H and O–H groups in total. The Bertz CT molecular complexity index is 479. The molecule has 1 saturated heterocycles. The van der Waals surface area contributed by atoms with E-state index in [0.29, 0.717) is 18.3 Å². The van der Waals surface area contributed by atoms with Gasteiger partial charge in [-0.05, 0) is 44.5 Å². The first-order chi connectivity index (χ1) is 11.0. The predicted molar refractivity (Wildman–Crippen MR) is 97.5 cm³/mol. The van der Waals surface area contributed by atoms with Crippen LogP contribution in [0, 0.1) is 0 Å². The predicted octanol–water partition coefficient (Wildman–Crippen LogP) is 3.08. The summed E-state index contributed by atoms with van der Waals surface area (Å²) >= 11 is 1.72. The fourth-order valence-electron chi connectivity index (χ4n) is 2.76. The summed E-state index contributed by atoms with van der Waals surface area (Å²) in [6, 6.07) is 6.23. The highest BCUT2D eigenvalue weighted by Gasteiger charge is 2.26. The number of hydrogen-bond donors (Lipinski definition) is 1. The number of aromatic nitrogens is 1. The van der Waals surface area contributed by atoms with E-state index in [2.05, 4.69) is 36.0 Å². The maximum absolute atomic E-state index is 12.9. The Balaban J connectivity index is 2.07. The molecule has 1 atom stereocenters. The largest absolute Gasteiger partial charge is 0.333 e. The molecule has 1 fully saturated rings. The molecule has 0 bridgehead atoms. The van der Waals surface area contributed by atoms with Gasteiger partial charge in [-0.3, -0.25) is 9.78 Å². The van der Waals surface area contributed by atoms with Crippen LogP contribution in [0.25, 0.3) is 0 Å². The standard InChI is InChI=1S/C18H29N3OS/c1-18(2,3)23-14-17(22)21(13-15-7-4-5-11-20-15)16-8-6-10-19-12-9-16/h4-5,7,11,16,19H,6,8-10,12-14H2,1-3H3. The average Bonchev–Trinajstić information content (AvgIpc) is 2.80. The lowest BCUT2D eigenvalue weighted by Crippen LogP contribution is -2.42. The molecule has 1 aromatic rings. The zero-order valence-corrected chi connectivity index (χ0v) is 15.4. The molecule has 0 aromatic carbocycles. The Morgan fingerprint density at radius 3 is 2.87 bits per heavy atom. The van der Waals surface area contributed by atoms with Gasteiger partial charge >= 0.3 is 0 Å². The Kier molecular flexibility index (Phi) is 6.90. The molecule has 2 rings (SSSR count). The summed E-state index contributed by atoms with van der Waals surface area (Å²) < 4.78 is 0.108. The second-order valence-electron chi connectivity index (χ2n) is 7.08. The second kappa shape index (κ2) is 8.69. The molecule has 4 nitrogen and oxygen atoms in total. The van der Waals surface area contributed by atoms with Crippen LogP contribution in [0.4, 0.5) is 0 Å². The van der Waals surface area contributed by atoms with Crippen LogP contribution in [0.3, 0.4) is 0 Å². The van der Waals surface area contributed by atoms with E-state index in [1.54, 1.807) is 18.0 Å². The van der Waals surface area contributed by atoms with Gasteiger partial charge in [0.05, 0.1) is 18.0 Å². The van der Waals surface area contributed by atoms with Gasteiger partial charge in [-0.15, -0.1) is 11.8 Å². The monoisotopic (exact) mass is 335 g/mol. The number of nitrogens with one attached hydrogen (secondary N) is 1. The van der Waals surface area contributed by atoms with Gasteiger partial charge in [0.2, 0.25) is 5.91 Å². The summed E-state index contributed by atoms with van der Waals surface area (Å²) in [6.45, 7) is 9.13. The lowest BCUT2D eigenvalue weighted by atomic mass is 10.1. The molecule has 1 amide bonds. The van der Waals surface area contributed by atoms with E-state index in [4.69, 9.17) is 0 Å². The molecule has 128 valence electrons. The van der Waals surface area contributed by atoms with Gasteiger partial charge in [0, 0.05) is 17.0 Å². The van der Waals surface area contributed by atoms with Gasteiger partial charge in [-0.1, -0.05) is 26.8 Å². The van der Waals surface area contributed by atoms with Crippen LogP contribution >= 0.6 is 11.8 Å². The lowest BCUT2D eigenvalue weighted by Gasteiger charge is -2.32. The first-order valence-corrected chi connectivity index (χ1v) is 9.48. The van der Waals surface area contributed by atoms with Gasteiger partial charge in [0.1, 0.15) is 0 Å². The summed E-state index contributed by atoms with van der Waals surface area (Å²) in [5.74, 6) is 0.780. The zero-order valence-electron chi connectivity index (χ0n) is 14.5. The Labute approximate surface area is 144 Å². The van der Waals surface area contributed by atoms with E-state index in [1.807, 2.05) is 18.2 Å².